The van der Waals surface area contributed by atoms with E-state index in [1.165, 1.54) is 6.21 Å². The van der Waals surface area contributed by atoms with Crippen molar-refractivity contribution in [1.82, 2.24) is 5.43 Å². The summed E-state index contributed by atoms with van der Waals surface area (Å²) in [5.41, 5.74) is 5.62. The molecule has 0 saturated carbocycles. The second kappa shape index (κ2) is 7.17. The Morgan fingerprint density at radius 2 is 1.68 bits per heavy atom. The van der Waals surface area contributed by atoms with Crippen molar-refractivity contribution in [2.75, 3.05) is 5.32 Å². The molecule has 0 aliphatic carbocycles. The van der Waals surface area contributed by atoms with Crippen molar-refractivity contribution in [3.63, 3.8) is 0 Å². The van der Waals surface area contributed by atoms with Gasteiger partial charge in [0.25, 0.3) is 0 Å². The number of amides is 2. The first kappa shape index (κ1) is 15.4. The molecule has 0 unspecified atom stereocenters. The van der Waals surface area contributed by atoms with Crippen LogP contribution in [0.2, 0.25) is 0 Å². The Kier molecular flexibility index (Phi) is 5.03. The third-order valence-corrected chi connectivity index (χ3v) is 3.24. The average Bonchev–Trinajstić information content (AvgIpc) is 2.52. The van der Waals surface area contributed by atoms with Gasteiger partial charge >= 0.3 is 11.8 Å². The smallest absolute Gasteiger partial charge is 0.317 e. The van der Waals surface area contributed by atoms with Crippen LogP contribution < -0.4 is 10.7 Å². The second-order valence-corrected chi connectivity index (χ2v) is 4.81. The van der Waals surface area contributed by atoms with Gasteiger partial charge in [0.1, 0.15) is 0 Å². The number of anilines is 1. The third-order valence-electron chi connectivity index (χ3n) is 3.24. The van der Waals surface area contributed by atoms with E-state index in [0.717, 1.165) is 16.7 Å². The minimum absolute atomic E-state index is 0.618. The zero-order valence-corrected chi connectivity index (χ0v) is 12.5. The number of hydrazone groups is 1. The molecule has 112 valence electrons. The molecule has 0 aliphatic rings. The Balaban J connectivity index is 1.94. The Hall–Kier alpha value is -2.95. The van der Waals surface area contributed by atoms with Crippen LogP contribution in [0.5, 0.6) is 0 Å². The Bertz CT molecular complexity index is 709. The molecule has 5 nitrogen and oxygen atoms in total. The van der Waals surface area contributed by atoms with Crippen molar-refractivity contribution in [1.29, 1.82) is 0 Å². The quantitative estimate of drug-likeness (QED) is 0.518. The minimum Gasteiger partial charge on any atom is -0.317 e. The molecule has 0 aliphatic heterocycles. The lowest BCUT2D eigenvalue weighted by Crippen LogP contribution is -2.32. The minimum atomic E-state index is -0.812. The van der Waals surface area contributed by atoms with E-state index in [9.17, 15) is 9.59 Å². The topological polar surface area (TPSA) is 70.6 Å². The van der Waals surface area contributed by atoms with Crippen LogP contribution in [-0.4, -0.2) is 18.0 Å². The van der Waals surface area contributed by atoms with E-state index in [2.05, 4.69) is 15.8 Å². The Morgan fingerprint density at radius 3 is 2.41 bits per heavy atom. The van der Waals surface area contributed by atoms with Gasteiger partial charge in [0.15, 0.2) is 0 Å². The molecule has 0 atom stereocenters. The number of hydrogen-bond donors (Lipinski definition) is 2. The van der Waals surface area contributed by atoms with Crippen LogP contribution in [0.1, 0.15) is 16.7 Å². The number of carbonyl (C=O) groups excluding carboxylic acids is 2. The summed E-state index contributed by atoms with van der Waals surface area (Å²) in [7, 11) is 0. The summed E-state index contributed by atoms with van der Waals surface area (Å²) >= 11 is 0. The molecule has 0 aromatic heterocycles. The van der Waals surface area contributed by atoms with Gasteiger partial charge in [-0.3, -0.25) is 9.59 Å². The Morgan fingerprint density at radius 1 is 0.955 bits per heavy atom. The fraction of sp³-hybridized carbons (Fsp3) is 0.118. The van der Waals surface area contributed by atoms with Crippen molar-refractivity contribution < 1.29 is 9.59 Å². The standard InChI is InChI=1S/C17H17N3O2/c1-12-7-6-10-15(13(12)2)19-16(21)17(22)20-18-11-14-8-4-3-5-9-14/h3-11H,1-2H3,(H,19,21)(H,20,22)/b18-11-. The highest BCUT2D eigenvalue weighted by molar-refractivity contribution is 6.39. The van der Waals surface area contributed by atoms with Crippen LogP contribution in [0.3, 0.4) is 0 Å². The van der Waals surface area contributed by atoms with Gasteiger partial charge in [-0.15, -0.1) is 0 Å². The van der Waals surface area contributed by atoms with Crippen molar-refractivity contribution in [3.05, 3.63) is 65.2 Å². The molecule has 22 heavy (non-hydrogen) atoms. The summed E-state index contributed by atoms with van der Waals surface area (Å²) in [6, 6.07) is 14.8. The van der Waals surface area contributed by atoms with Gasteiger partial charge in [-0.05, 0) is 36.6 Å². The number of benzene rings is 2. The molecule has 2 aromatic rings. The maximum absolute atomic E-state index is 11.8. The molecule has 2 aromatic carbocycles. The molecule has 0 spiro atoms. The number of hydrogen-bond acceptors (Lipinski definition) is 3. The summed E-state index contributed by atoms with van der Waals surface area (Å²) in [6.07, 6.45) is 1.48. The molecule has 0 bridgehead atoms. The molecule has 2 N–H and O–H groups in total. The number of aryl methyl sites for hydroxylation is 1. The van der Waals surface area contributed by atoms with Gasteiger partial charge in [0.2, 0.25) is 0 Å². The van der Waals surface area contributed by atoms with Crippen molar-refractivity contribution in [3.8, 4) is 0 Å². The van der Waals surface area contributed by atoms with Gasteiger partial charge < -0.3 is 5.32 Å². The van der Waals surface area contributed by atoms with Gasteiger partial charge in [-0.25, -0.2) is 5.43 Å². The molecule has 5 heteroatoms. The molecule has 2 rings (SSSR count). The van der Waals surface area contributed by atoms with E-state index in [0.29, 0.717) is 5.69 Å². The number of nitrogens with one attached hydrogen (secondary N) is 2. The monoisotopic (exact) mass is 295 g/mol. The third kappa shape index (κ3) is 4.02. The zero-order valence-electron chi connectivity index (χ0n) is 12.5. The largest absolute Gasteiger partial charge is 0.329 e. The SMILES string of the molecule is Cc1cccc(NC(=O)C(=O)N/N=C\c2ccccc2)c1C. The van der Waals surface area contributed by atoms with E-state index >= 15 is 0 Å². The molecular formula is C17H17N3O2. The molecule has 0 fully saturated rings. The lowest BCUT2D eigenvalue weighted by atomic mass is 10.1. The van der Waals surface area contributed by atoms with Crippen LogP contribution >= 0.6 is 0 Å². The second-order valence-electron chi connectivity index (χ2n) is 4.81. The van der Waals surface area contributed by atoms with Crippen molar-refractivity contribution in [2.45, 2.75) is 13.8 Å². The molecular weight excluding hydrogens is 278 g/mol. The Labute approximate surface area is 129 Å². The van der Waals surface area contributed by atoms with Crippen LogP contribution in [-0.2, 0) is 9.59 Å². The lowest BCUT2D eigenvalue weighted by molar-refractivity contribution is -0.136. The highest BCUT2D eigenvalue weighted by atomic mass is 16.2. The lowest BCUT2D eigenvalue weighted by Gasteiger charge is -2.09. The van der Waals surface area contributed by atoms with E-state index in [1.807, 2.05) is 56.3 Å². The fourth-order valence-corrected chi connectivity index (χ4v) is 1.82. The average molecular weight is 295 g/mol. The molecule has 0 heterocycles. The van der Waals surface area contributed by atoms with Gasteiger partial charge in [0.05, 0.1) is 6.21 Å². The van der Waals surface area contributed by atoms with Crippen LogP contribution in [0.25, 0.3) is 0 Å². The van der Waals surface area contributed by atoms with Crippen molar-refractivity contribution in [2.24, 2.45) is 5.10 Å². The predicted octanol–water partition coefficient (Wildman–Crippen LogP) is 2.39. The maximum atomic E-state index is 11.8. The summed E-state index contributed by atoms with van der Waals surface area (Å²) < 4.78 is 0. The van der Waals surface area contributed by atoms with Gasteiger partial charge in [-0.1, -0.05) is 42.5 Å². The van der Waals surface area contributed by atoms with Gasteiger partial charge in [0, 0.05) is 5.69 Å². The summed E-state index contributed by atoms with van der Waals surface area (Å²) in [5, 5.41) is 6.33. The highest BCUT2D eigenvalue weighted by Crippen LogP contribution is 2.17. The number of rotatable bonds is 3. The molecule has 0 saturated heterocycles. The van der Waals surface area contributed by atoms with Crippen LogP contribution in [0.4, 0.5) is 5.69 Å². The first-order valence-corrected chi connectivity index (χ1v) is 6.83. The predicted molar refractivity (Wildman–Crippen MR) is 86.7 cm³/mol. The summed E-state index contributed by atoms with van der Waals surface area (Å²) in [4.78, 5) is 23.5. The summed E-state index contributed by atoms with van der Waals surface area (Å²) in [5.74, 6) is -1.56. The fourth-order valence-electron chi connectivity index (χ4n) is 1.82. The summed E-state index contributed by atoms with van der Waals surface area (Å²) in [6.45, 7) is 3.83. The number of nitrogens with zero attached hydrogens (tertiary/aromatic N) is 1. The van der Waals surface area contributed by atoms with E-state index in [1.54, 1.807) is 6.07 Å². The van der Waals surface area contributed by atoms with E-state index in [-0.39, 0.29) is 0 Å². The first-order chi connectivity index (χ1) is 10.6. The normalized spacial score (nSPS) is 10.5. The number of carbonyl (C=O) groups is 2. The van der Waals surface area contributed by atoms with E-state index in [4.69, 9.17) is 0 Å². The van der Waals surface area contributed by atoms with Crippen molar-refractivity contribution >= 4 is 23.7 Å². The zero-order chi connectivity index (χ0) is 15.9. The maximum Gasteiger partial charge on any atom is 0.329 e. The molecule has 2 amide bonds. The van der Waals surface area contributed by atoms with Crippen LogP contribution in [0, 0.1) is 13.8 Å². The van der Waals surface area contributed by atoms with Gasteiger partial charge in [-0.2, -0.15) is 5.10 Å². The molecule has 0 radical (unpaired) electrons. The highest BCUT2D eigenvalue weighted by Gasteiger charge is 2.14. The van der Waals surface area contributed by atoms with Crippen LogP contribution in [0.15, 0.2) is 53.6 Å². The first-order valence-electron chi connectivity index (χ1n) is 6.83. The van der Waals surface area contributed by atoms with E-state index < -0.39 is 11.8 Å².